The van der Waals surface area contributed by atoms with E-state index in [0.717, 1.165) is 10.0 Å². The molecule has 1 amide bonds. The van der Waals surface area contributed by atoms with Crippen LogP contribution in [0.2, 0.25) is 0 Å². The average molecular weight is 393 g/mol. The number of carbonyl (C=O) groups excluding carboxylic acids is 1. The van der Waals surface area contributed by atoms with E-state index in [1.165, 1.54) is 4.90 Å². The van der Waals surface area contributed by atoms with Crippen molar-refractivity contribution in [2.45, 2.75) is 32.9 Å². The summed E-state index contributed by atoms with van der Waals surface area (Å²) in [6, 6.07) is 11.1. The summed E-state index contributed by atoms with van der Waals surface area (Å²) < 4.78 is 12.1. The van der Waals surface area contributed by atoms with Crippen molar-refractivity contribution in [3.05, 3.63) is 52.6 Å². The molecular weight excluding hydrogens is 372 g/mol. The van der Waals surface area contributed by atoms with Gasteiger partial charge in [0.1, 0.15) is 11.4 Å². The number of hydrogen-bond donors (Lipinski definition) is 0. The Kier molecular flexibility index (Phi) is 5.83. The highest BCUT2D eigenvalue weighted by Crippen LogP contribution is 2.28. The minimum absolute atomic E-state index is 0.358. The smallest absolute Gasteiger partial charge is 0.410 e. The molecule has 2 aromatic rings. The quantitative estimate of drug-likeness (QED) is 0.733. The van der Waals surface area contributed by atoms with E-state index in [-0.39, 0.29) is 6.09 Å². The first kappa shape index (κ1) is 18.3. The Morgan fingerprint density at radius 1 is 1.25 bits per heavy atom. The van der Waals surface area contributed by atoms with Crippen LogP contribution >= 0.6 is 15.9 Å². The van der Waals surface area contributed by atoms with Gasteiger partial charge in [0, 0.05) is 29.3 Å². The van der Waals surface area contributed by atoms with Crippen molar-refractivity contribution in [2.75, 3.05) is 7.05 Å². The fourth-order valence-corrected chi connectivity index (χ4v) is 2.36. The lowest BCUT2D eigenvalue weighted by atomic mass is 10.2. The lowest BCUT2D eigenvalue weighted by Crippen LogP contribution is -2.33. The molecule has 0 spiro atoms. The summed E-state index contributed by atoms with van der Waals surface area (Å²) in [4.78, 5) is 17.8. The zero-order valence-corrected chi connectivity index (χ0v) is 15.8. The molecule has 0 radical (unpaired) electrons. The minimum atomic E-state index is -0.532. The number of hydrogen-bond acceptors (Lipinski definition) is 4. The number of ether oxygens (including phenoxy) is 2. The lowest BCUT2D eigenvalue weighted by molar-refractivity contribution is 0.0284. The maximum atomic E-state index is 12.2. The summed E-state index contributed by atoms with van der Waals surface area (Å²) in [6.45, 7) is 5.88. The zero-order valence-electron chi connectivity index (χ0n) is 14.2. The summed E-state index contributed by atoms with van der Waals surface area (Å²) in [7, 11) is 1.69. The minimum Gasteiger partial charge on any atom is -0.444 e. The molecule has 0 aliphatic rings. The van der Waals surface area contributed by atoms with Crippen LogP contribution < -0.4 is 4.74 Å². The molecule has 0 aliphatic heterocycles. The second-order valence-corrected chi connectivity index (χ2v) is 7.27. The van der Waals surface area contributed by atoms with Gasteiger partial charge in [0.2, 0.25) is 5.88 Å². The molecule has 5 nitrogen and oxygen atoms in total. The van der Waals surface area contributed by atoms with Crippen molar-refractivity contribution < 1.29 is 14.3 Å². The van der Waals surface area contributed by atoms with Gasteiger partial charge >= 0.3 is 6.09 Å². The third kappa shape index (κ3) is 5.53. The number of carbonyl (C=O) groups is 1. The summed E-state index contributed by atoms with van der Waals surface area (Å²) in [5.41, 5.74) is 0.319. The summed E-state index contributed by atoms with van der Waals surface area (Å²) in [6.07, 6.45) is 1.28. The van der Waals surface area contributed by atoms with E-state index in [2.05, 4.69) is 20.9 Å². The van der Waals surface area contributed by atoms with Crippen molar-refractivity contribution >= 4 is 22.0 Å². The molecule has 0 saturated carbocycles. The van der Waals surface area contributed by atoms with Crippen LogP contribution in [-0.4, -0.2) is 28.6 Å². The molecule has 24 heavy (non-hydrogen) atoms. The van der Waals surface area contributed by atoms with E-state index in [0.29, 0.717) is 18.2 Å². The first-order valence-electron chi connectivity index (χ1n) is 7.56. The monoisotopic (exact) mass is 392 g/mol. The molecule has 6 heteroatoms. The average Bonchev–Trinajstić information content (AvgIpc) is 2.49. The first-order valence-corrected chi connectivity index (χ1v) is 8.35. The largest absolute Gasteiger partial charge is 0.444 e. The SMILES string of the molecule is CN(Cc1cc(Br)ccc1Oc1ccccn1)C(=O)OC(C)(C)C. The van der Waals surface area contributed by atoms with Crippen molar-refractivity contribution in [1.82, 2.24) is 9.88 Å². The number of rotatable bonds is 4. The Hall–Kier alpha value is -2.08. The van der Waals surface area contributed by atoms with Gasteiger partial charge in [-0.25, -0.2) is 9.78 Å². The second kappa shape index (κ2) is 7.66. The Morgan fingerprint density at radius 2 is 2.00 bits per heavy atom. The lowest BCUT2D eigenvalue weighted by Gasteiger charge is -2.25. The fraction of sp³-hybridized carbons (Fsp3) is 0.333. The standard InChI is InChI=1S/C18H21BrN2O3/c1-18(2,3)24-17(22)21(4)12-13-11-14(19)8-9-15(13)23-16-7-5-6-10-20-16/h5-11H,12H2,1-4H3. The van der Waals surface area contributed by atoms with Crippen LogP contribution in [0.3, 0.4) is 0 Å². The number of halogens is 1. The molecule has 1 heterocycles. The van der Waals surface area contributed by atoms with Crippen molar-refractivity contribution in [2.24, 2.45) is 0 Å². The molecule has 2 rings (SSSR count). The molecule has 0 atom stereocenters. The maximum absolute atomic E-state index is 12.2. The van der Waals surface area contributed by atoms with E-state index in [4.69, 9.17) is 9.47 Å². The molecule has 0 bridgehead atoms. The van der Waals surface area contributed by atoms with Crippen LogP contribution in [0.1, 0.15) is 26.3 Å². The summed E-state index contributed by atoms with van der Waals surface area (Å²) in [5.74, 6) is 1.15. The van der Waals surface area contributed by atoms with Crippen LogP contribution in [0.5, 0.6) is 11.6 Å². The molecule has 0 saturated heterocycles. The van der Waals surface area contributed by atoms with Gasteiger partial charge in [-0.3, -0.25) is 0 Å². The topological polar surface area (TPSA) is 51.7 Å². The van der Waals surface area contributed by atoms with Crippen molar-refractivity contribution in [1.29, 1.82) is 0 Å². The number of aromatic nitrogens is 1. The molecule has 128 valence electrons. The highest BCUT2D eigenvalue weighted by molar-refractivity contribution is 9.10. The van der Waals surface area contributed by atoms with Crippen LogP contribution in [0.4, 0.5) is 4.79 Å². The molecule has 1 aromatic heterocycles. The summed E-state index contributed by atoms with van der Waals surface area (Å²) in [5, 5.41) is 0. The van der Waals surface area contributed by atoms with Gasteiger partial charge in [-0.15, -0.1) is 0 Å². The molecule has 0 unspecified atom stereocenters. The van der Waals surface area contributed by atoms with Crippen molar-refractivity contribution in [3.8, 4) is 11.6 Å². The zero-order chi connectivity index (χ0) is 17.7. The van der Waals surface area contributed by atoms with Gasteiger partial charge in [-0.2, -0.15) is 0 Å². The third-order valence-electron chi connectivity index (χ3n) is 2.99. The van der Waals surface area contributed by atoms with E-state index in [1.807, 2.05) is 51.1 Å². The van der Waals surface area contributed by atoms with Crippen molar-refractivity contribution in [3.63, 3.8) is 0 Å². The summed E-state index contributed by atoms with van der Waals surface area (Å²) >= 11 is 3.45. The van der Waals surface area contributed by atoms with Gasteiger partial charge in [0.05, 0.1) is 6.54 Å². The number of benzene rings is 1. The van der Waals surface area contributed by atoms with Crippen LogP contribution in [0, 0.1) is 0 Å². The van der Waals surface area contributed by atoms with Crippen LogP contribution in [-0.2, 0) is 11.3 Å². The van der Waals surface area contributed by atoms with Gasteiger partial charge in [-0.1, -0.05) is 22.0 Å². The second-order valence-electron chi connectivity index (χ2n) is 6.36. The Morgan fingerprint density at radius 3 is 2.62 bits per heavy atom. The van der Waals surface area contributed by atoms with Gasteiger partial charge in [-0.05, 0) is 45.0 Å². The molecular formula is C18H21BrN2O3. The van der Waals surface area contributed by atoms with Gasteiger partial charge in [0.25, 0.3) is 0 Å². The third-order valence-corrected chi connectivity index (χ3v) is 3.48. The van der Waals surface area contributed by atoms with Crippen LogP contribution in [0.15, 0.2) is 47.1 Å². The fourth-order valence-electron chi connectivity index (χ4n) is 1.95. The van der Waals surface area contributed by atoms with Gasteiger partial charge < -0.3 is 14.4 Å². The normalized spacial score (nSPS) is 11.0. The van der Waals surface area contributed by atoms with Gasteiger partial charge in [0.15, 0.2) is 0 Å². The predicted molar refractivity (Wildman–Crippen MR) is 96.2 cm³/mol. The van der Waals surface area contributed by atoms with E-state index in [1.54, 1.807) is 19.3 Å². The van der Waals surface area contributed by atoms with E-state index < -0.39 is 5.60 Å². The molecule has 0 N–H and O–H groups in total. The Balaban J connectivity index is 2.17. The predicted octanol–water partition coefficient (Wildman–Crippen LogP) is 5.00. The van der Waals surface area contributed by atoms with E-state index in [9.17, 15) is 4.79 Å². The highest BCUT2D eigenvalue weighted by atomic mass is 79.9. The number of nitrogens with zero attached hydrogens (tertiary/aromatic N) is 2. The van der Waals surface area contributed by atoms with E-state index >= 15 is 0 Å². The maximum Gasteiger partial charge on any atom is 0.410 e. The molecule has 0 fully saturated rings. The highest BCUT2D eigenvalue weighted by Gasteiger charge is 2.20. The first-order chi connectivity index (χ1) is 11.2. The Labute approximate surface area is 150 Å². The number of amides is 1. The Bertz CT molecular complexity index is 699. The van der Waals surface area contributed by atoms with Crippen LogP contribution in [0.25, 0.3) is 0 Å². The molecule has 0 aliphatic carbocycles. The molecule has 1 aromatic carbocycles. The number of pyridine rings is 1.